The molecule has 2 aromatic heterocycles. The number of carbonyl (C=O) groups excluding carboxylic acids is 4. The fourth-order valence-electron chi connectivity index (χ4n) is 13.5. The molecular formula is C59H66F2N10O8. The van der Waals surface area contributed by atoms with Crippen molar-refractivity contribution >= 4 is 62.7 Å². The second-order valence-corrected chi connectivity index (χ2v) is 22.2. The van der Waals surface area contributed by atoms with Gasteiger partial charge in [0.05, 0.1) is 54.1 Å². The number of halogens is 2. The summed E-state index contributed by atoms with van der Waals surface area (Å²) < 4.78 is 55.4. The van der Waals surface area contributed by atoms with Crippen LogP contribution in [0.4, 0.5) is 30.8 Å². The molecule has 5 aromatic rings. The van der Waals surface area contributed by atoms with Crippen molar-refractivity contribution in [3.63, 3.8) is 0 Å². The number of hydrogen-bond acceptors (Lipinski definition) is 15. The van der Waals surface area contributed by atoms with Gasteiger partial charge in [-0.05, 0) is 137 Å². The molecule has 8 aliphatic rings. The molecule has 6 fully saturated rings. The van der Waals surface area contributed by atoms with Gasteiger partial charge in [0, 0.05) is 80.2 Å². The van der Waals surface area contributed by atoms with Gasteiger partial charge in [-0.3, -0.25) is 24.6 Å². The zero-order valence-corrected chi connectivity index (χ0v) is 44.6. The monoisotopic (exact) mass is 1080 g/mol. The molecule has 79 heavy (non-hydrogen) atoms. The fourth-order valence-corrected chi connectivity index (χ4v) is 13.5. The molecule has 18 nitrogen and oxygen atoms in total. The van der Waals surface area contributed by atoms with E-state index < -0.39 is 17.7 Å². The van der Waals surface area contributed by atoms with Gasteiger partial charge in [0.1, 0.15) is 35.5 Å². The van der Waals surface area contributed by atoms with E-state index in [4.69, 9.17) is 46.1 Å². The number of hydrogen-bond donors (Lipinski definition) is 2. The predicted molar refractivity (Wildman–Crippen MR) is 292 cm³/mol. The molecule has 3 aromatic carbocycles. The summed E-state index contributed by atoms with van der Waals surface area (Å²) in [5, 5.41) is 3.93. The van der Waals surface area contributed by atoms with Crippen LogP contribution in [-0.4, -0.2) is 156 Å². The molecule has 10 heterocycles. The number of fused-ring (bicyclic) bond motifs is 5. The summed E-state index contributed by atoms with van der Waals surface area (Å²) in [6.07, 6.45) is 16.6. The molecule has 4 amide bonds. The number of nitrogen functional groups attached to an aromatic ring is 1. The van der Waals surface area contributed by atoms with E-state index in [1.807, 2.05) is 12.1 Å². The van der Waals surface area contributed by atoms with Crippen LogP contribution in [0.5, 0.6) is 6.01 Å². The summed E-state index contributed by atoms with van der Waals surface area (Å²) in [6.45, 7) is 8.01. The molecule has 0 bridgehead atoms. The van der Waals surface area contributed by atoms with E-state index in [2.05, 4.69) is 32.0 Å². The number of carbonyl (C=O) groups is 4. The van der Waals surface area contributed by atoms with Crippen LogP contribution < -0.4 is 25.6 Å². The molecule has 0 radical (unpaired) electrons. The standard InChI is InChI=1S/C34H34F2N6O2.C25H32N4O6/c1-2-23-25(35)8-6-20-16-21(37)17-24(27(20)23)30-29(36)31-28-26(38-30)9-7-22-18-43-15-5-14-42(22)32(28)40-33(39-31)44-19-34-10-3-12-41(34)13-4-11-34;1-34-25(33)28-12-8-19(9-13-28)35-18-6-10-27(11-7-18)17-2-3-20-16(14-17)15-29(24(20)32)21-4-5-22(30)26-23(21)31/h1,6,8,16-17,22H,3-5,7,9-15,18-19,37H2;2-3,14,18-19,21H,4-13,15H2,1H3,(H,26,30,31). The minimum absolute atomic E-state index is 0.0191. The maximum absolute atomic E-state index is 17.0. The Morgan fingerprint density at radius 1 is 0.861 bits per heavy atom. The third kappa shape index (κ3) is 10.0. The summed E-state index contributed by atoms with van der Waals surface area (Å²) in [7, 11) is 1.41. The van der Waals surface area contributed by atoms with E-state index in [9.17, 15) is 23.6 Å². The number of benzene rings is 3. The van der Waals surface area contributed by atoms with Crippen molar-refractivity contribution in [3.05, 3.63) is 76.5 Å². The van der Waals surface area contributed by atoms with Crippen molar-refractivity contribution in [2.45, 2.75) is 120 Å². The largest absolute Gasteiger partial charge is 0.461 e. The number of imide groups is 1. The van der Waals surface area contributed by atoms with Crippen LogP contribution in [0.1, 0.15) is 104 Å². The molecule has 3 N–H and O–H groups in total. The Balaban J connectivity index is 0.000000162. The van der Waals surface area contributed by atoms with Gasteiger partial charge in [-0.2, -0.15) is 9.97 Å². The highest BCUT2D eigenvalue weighted by Crippen LogP contribution is 2.43. The number of likely N-dealkylation sites (tertiary alicyclic amines) is 1. The van der Waals surface area contributed by atoms with E-state index >= 15 is 4.39 Å². The number of methoxy groups -OCH3 is 1. The van der Waals surface area contributed by atoms with Gasteiger partial charge in [-0.25, -0.2) is 18.6 Å². The third-order valence-electron chi connectivity index (χ3n) is 17.6. The van der Waals surface area contributed by atoms with E-state index in [1.54, 1.807) is 28.0 Å². The molecule has 2 unspecified atom stereocenters. The van der Waals surface area contributed by atoms with E-state index in [0.29, 0.717) is 96.8 Å². The van der Waals surface area contributed by atoms with Gasteiger partial charge in [0.15, 0.2) is 5.82 Å². The highest BCUT2D eigenvalue weighted by molar-refractivity contribution is 6.06. The average molecular weight is 1080 g/mol. The Hall–Kier alpha value is -7.21. The Kier molecular flexibility index (Phi) is 14.5. The highest BCUT2D eigenvalue weighted by Gasteiger charge is 2.46. The Bertz CT molecular complexity index is 3270. The Morgan fingerprint density at radius 3 is 2.38 bits per heavy atom. The van der Waals surface area contributed by atoms with Crippen LogP contribution in [0.3, 0.4) is 0 Å². The van der Waals surface area contributed by atoms with Crippen LogP contribution in [0.15, 0.2) is 42.5 Å². The molecule has 0 spiro atoms. The first-order valence-electron chi connectivity index (χ1n) is 28.0. The molecule has 13 rings (SSSR count). The van der Waals surface area contributed by atoms with Crippen molar-refractivity contribution in [1.82, 2.24) is 35.0 Å². The first kappa shape index (κ1) is 52.5. The molecule has 8 aliphatic heterocycles. The summed E-state index contributed by atoms with van der Waals surface area (Å²) >= 11 is 0. The normalized spacial score (nSPS) is 22.4. The predicted octanol–water partition coefficient (Wildman–Crippen LogP) is 6.90. The zero-order chi connectivity index (χ0) is 54.5. The topological polar surface area (TPSA) is 198 Å². The van der Waals surface area contributed by atoms with Crippen LogP contribution in [0.25, 0.3) is 32.9 Å². The smallest absolute Gasteiger partial charge is 0.409 e. The van der Waals surface area contributed by atoms with Gasteiger partial charge in [0.25, 0.3) is 5.91 Å². The number of aryl methyl sites for hydroxylation is 1. The van der Waals surface area contributed by atoms with Crippen molar-refractivity contribution in [1.29, 1.82) is 0 Å². The lowest BCUT2D eigenvalue weighted by Gasteiger charge is -2.37. The highest BCUT2D eigenvalue weighted by atomic mass is 19.1. The summed E-state index contributed by atoms with van der Waals surface area (Å²) in [5.74, 6) is 1.07. The molecular weight excluding hydrogens is 1010 g/mol. The number of anilines is 3. The van der Waals surface area contributed by atoms with Gasteiger partial charge in [-0.15, -0.1) is 6.42 Å². The second-order valence-electron chi connectivity index (χ2n) is 22.2. The molecule has 2 atom stereocenters. The maximum Gasteiger partial charge on any atom is 0.409 e. The molecule has 0 aliphatic carbocycles. The molecule has 6 saturated heterocycles. The van der Waals surface area contributed by atoms with Crippen molar-refractivity contribution < 1.29 is 46.9 Å². The van der Waals surface area contributed by atoms with Crippen molar-refractivity contribution in [3.8, 4) is 29.6 Å². The second kappa shape index (κ2) is 21.8. The number of rotatable bonds is 8. The molecule has 414 valence electrons. The average Bonchev–Trinajstić information content (AvgIpc) is 4.16. The number of nitrogens with two attached hydrogens (primary N) is 1. The summed E-state index contributed by atoms with van der Waals surface area (Å²) in [5.41, 5.74) is 10.5. The van der Waals surface area contributed by atoms with Crippen LogP contribution in [-0.2, 0) is 36.8 Å². The van der Waals surface area contributed by atoms with Crippen molar-refractivity contribution in [2.75, 3.05) is 88.3 Å². The summed E-state index contributed by atoms with van der Waals surface area (Å²) in [4.78, 5) is 73.3. The number of terminal acetylenes is 1. The third-order valence-corrected chi connectivity index (χ3v) is 17.6. The fraction of sp³-hybridized carbons (Fsp3) is 0.508. The first-order valence-corrected chi connectivity index (χ1v) is 28.0. The minimum atomic E-state index is -0.637. The summed E-state index contributed by atoms with van der Waals surface area (Å²) in [6, 6.07) is 11.7. The van der Waals surface area contributed by atoms with E-state index in [1.165, 1.54) is 13.2 Å². The van der Waals surface area contributed by atoms with Crippen LogP contribution in [0.2, 0.25) is 0 Å². The number of piperidine rings is 3. The Labute approximate surface area is 457 Å². The maximum atomic E-state index is 17.0. The van der Waals surface area contributed by atoms with Gasteiger partial charge in [-0.1, -0.05) is 12.0 Å². The number of nitrogens with zero attached hydrogens (tertiary/aromatic N) is 8. The minimum Gasteiger partial charge on any atom is -0.461 e. The number of ether oxygens (including phenoxy) is 4. The quantitative estimate of drug-likeness (QED) is 0.0924. The lowest BCUT2D eigenvalue weighted by Crippen LogP contribution is -2.52. The van der Waals surface area contributed by atoms with Crippen LogP contribution in [0, 0.1) is 24.0 Å². The number of amides is 4. The SMILES string of the molecule is C#Cc1c(F)ccc2cc(N)cc(-c3nc4c5c(nc(OCC67CCCN6CCC7)nc5c3F)N3CCCOCC3CC4)c12.COC(=O)N1CCC(OC2CCN(c3ccc4c(c3)CN(C3CCC(=O)NC3=O)C4=O)CC2)CC1. The van der Waals surface area contributed by atoms with E-state index in [0.717, 1.165) is 108 Å². The van der Waals surface area contributed by atoms with Crippen LogP contribution >= 0.6 is 0 Å². The Morgan fingerprint density at radius 2 is 1.63 bits per heavy atom. The lowest BCUT2D eigenvalue weighted by molar-refractivity contribution is -0.136. The number of pyridine rings is 1. The number of aromatic nitrogens is 3. The van der Waals surface area contributed by atoms with Gasteiger partial charge >= 0.3 is 12.1 Å². The van der Waals surface area contributed by atoms with Gasteiger partial charge < -0.3 is 44.3 Å². The lowest BCUT2D eigenvalue weighted by atomic mass is 9.95. The zero-order valence-electron chi connectivity index (χ0n) is 44.6. The first-order chi connectivity index (χ1) is 38.4. The van der Waals surface area contributed by atoms with E-state index in [-0.39, 0.29) is 76.8 Å². The molecule has 0 saturated carbocycles. The number of nitrogens with one attached hydrogen (secondary N) is 1. The van der Waals surface area contributed by atoms with Crippen molar-refractivity contribution in [2.24, 2.45) is 0 Å². The van der Waals surface area contributed by atoms with Gasteiger partial charge in [0.2, 0.25) is 11.8 Å². The molecule has 20 heteroatoms.